The van der Waals surface area contributed by atoms with Gasteiger partial charge in [0.2, 0.25) is 10.0 Å². The third-order valence-electron chi connectivity index (χ3n) is 4.00. The zero-order valence-electron chi connectivity index (χ0n) is 16.4. The van der Waals surface area contributed by atoms with Crippen LogP contribution in [-0.2, 0) is 10.0 Å². The fraction of sp³-hybridized carbons (Fsp3) is 0.611. The van der Waals surface area contributed by atoms with Crippen LogP contribution in [0.25, 0.3) is 0 Å². The summed E-state index contributed by atoms with van der Waals surface area (Å²) in [5.74, 6) is 1.62. The van der Waals surface area contributed by atoms with Crippen LogP contribution in [0.4, 0.5) is 0 Å². The summed E-state index contributed by atoms with van der Waals surface area (Å²) < 4.78 is 30.7. The van der Waals surface area contributed by atoms with Crippen LogP contribution in [0.15, 0.2) is 29.3 Å². The first-order valence-electron chi connectivity index (χ1n) is 8.97. The molecule has 0 fully saturated rings. The summed E-state index contributed by atoms with van der Waals surface area (Å²) >= 11 is 0. The number of nitrogens with one attached hydrogen (secondary N) is 3. The van der Waals surface area contributed by atoms with E-state index in [0.29, 0.717) is 19.5 Å². The van der Waals surface area contributed by atoms with Crippen molar-refractivity contribution in [2.24, 2.45) is 4.99 Å². The highest BCUT2D eigenvalue weighted by molar-refractivity contribution is 14.0. The molecule has 0 amide bonds. The Morgan fingerprint density at radius 1 is 1.33 bits per heavy atom. The second-order valence-corrected chi connectivity index (χ2v) is 8.91. The predicted molar refractivity (Wildman–Crippen MR) is 120 cm³/mol. The van der Waals surface area contributed by atoms with Crippen molar-refractivity contribution in [3.05, 3.63) is 29.8 Å². The fourth-order valence-electron chi connectivity index (χ4n) is 2.94. The van der Waals surface area contributed by atoms with Crippen molar-refractivity contribution in [2.45, 2.75) is 45.3 Å². The van der Waals surface area contributed by atoms with Crippen molar-refractivity contribution in [2.75, 3.05) is 25.9 Å². The highest BCUT2D eigenvalue weighted by Gasteiger charge is 2.33. The Hall–Kier alpha value is -1.07. The molecule has 2 rings (SSSR count). The van der Waals surface area contributed by atoms with Crippen molar-refractivity contribution >= 4 is 40.0 Å². The van der Waals surface area contributed by atoms with E-state index in [2.05, 4.69) is 40.3 Å². The Balaban J connectivity index is 0.00000364. The van der Waals surface area contributed by atoms with Crippen molar-refractivity contribution in [3.8, 4) is 5.75 Å². The molecule has 1 aromatic carbocycles. The monoisotopic (exact) mass is 510 g/mol. The van der Waals surface area contributed by atoms with Gasteiger partial charge in [0.25, 0.3) is 0 Å². The number of sulfonamides is 1. The second kappa shape index (κ2) is 10.5. The first-order chi connectivity index (χ1) is 12.2. The van der Waals surface area contributed by atoms with Crippen LogP contribution in [0.3, 0.4) is 0 Å². The number of benzene rings is 1. The fourth-order valence-corrected chi connectivity index (χ4v) is 3.46. The van der Waals surface area contributed by atoms with Gasteiger partial charge < -0.3 is 15.4 Å². The minimum atomic E-state index is -3.15. The molecule has 0 saturated heterocycles. The molecule has 0 radical (unpaired) electrons. The number of guanidine groups is 1. The van der Waals surface area contributed by atoms with Crippen LogP contribution in [0.5, 0.6) is 5.75 Å². The second-order valence-electron chi connectivity index (χ2n) is 7.08. The Kier molecular flexibility index (Phi) is 9.29. The van der Waals surface area contributed by atoms with Gasteiger partial charge in [-0.25, -0.2) is 13.1 Å². The van der Waals surface area contributed by atoms with Crippen molar-refractivity contribution in [1.29, 1.82) is 0 Å². The smallest absolute Gasteiger partial charge is 0.208 e. The first kappa shape index (κ1) is 24.0. The average Bonchev–Trinajstić information content (AvgIpc) is 2.52. The molecule has 9 heteroatoms. The van der Waals surface area contributed by atoms with Gasteiger partial charge in [-0.05, 0) is 33.3 Å². The third kappa shape index (κ3) is 8.22. The maximum atomic E-state index is 11.1. The summed E-state index contributed by atoms with van der Waals surface area (Å²) in [6.07, 6.45) is 2.62. The predicted octanol–water partition coefficient (Wildman–Crippen LogP) is 2.40. The van der Waals surface area contributed by atoms with Crippen LogP contribution < -0.4 is 20.1 Å². The van der Waals surface area contributed by atoms with Gasteiger partial charge >= 0.3 is 0 Å². The van der Waals surface area contributed by atoms with Crippen LogP contribution in [0, 0.1) is 0 Å². The summed E-state index contributed by atoms with van der Waals surface area (Å²) in [6.45, 7) is 7.85. The normalized spacial score (nSPS) is 18.7. The molecule has 1 aromatic rings. The summed E-state index contributed by atoms with van der Waals surface area (Å²) in [5, 5.41) is 6.75. The molecule has 0 aromatic heterocycles. The van der Waals surface area contributed by atoms with Gasteiger partial charge in [-0.2, -0.15) is 0 Å². The van der Waals surface area contributed by atoms with E-state index in [4.69, 9.17) is 4.74 Å². The Labute approximate surface area is 179 Å². The Morgan fingerprint density at radius 2 is 2.04 bits per heavy atom. The number of nitrogens with zero attached hydrogens (tertiary/aromatic N) is 1. The molecule has 0 bridgehead atoms. The van der Waals surface area contributed by atoms with Crippen molar-refractivity contribution in [3.63, 3.8) is 0 Å². The highest BCUT2D eigenvalue weighted by Crippen LogP contribution is 2.39. The van der Waals surface area contributed by atoms with Crippen LogP contribution in [0.1, 0.15) is 45.2 Å². The number of halogens is 1. The number of fused-ring (bicyclic) bond motifs is 1. The van der Waals surface area contributed by atoms with E-state index in [9.17, 15) is 8.42 Å². The minimum absolute atomic E-state index is 0. The summed E-state index contributed by atoms with van der Waals surface area (Å²) in [4.78, 5) is 4.57. The molecule has 0 saturated carbocycles. The number of para-hydroxylation sites is 1. The van der Waals surface area contributed by atoms with E-state index in [-0.39, 0.29) is 35.6 Å². The van der Waals surface area contributed by atoms with E-state index in [1.165, 1.54) is 0 Å². The lowest BCUT2D eigenvalue weighted by atomic mass is 9.90. The van der Waals surface area contributed by atoms with E-state index < -0.39 is 10.0 Å². The van der Waals surface area contributed by atoms with Gasteiger partial charge in [-0.15, -0.1) is 24.0 Å². The van der Waals surface area contributed by atoms with Crippen molar-refractivity contribution < 1.29 is 13.2 Å². The van der Waals surface area contributed by atoms with Crippen LogP contribution in [-0.4, -0.2) is 45.9 Å². The molecule has 0 aliphatic carbocycles. The zero-order valence-corrected chi connectivity index (χ0v) is 19.6. The maximum Gasteiger partial charge on any atom is 0.208 e. The van der Waals surface area contributed by atoms with Crippen LogP contribution >= 0.6 is 24.0 Å². The van der Waals surface area contributed by atoms with Gasteiger partial charge in [-0.1, -0.05) is 18.2 Å². The molecule has 27 heavy (non-hydrogen) atoms. The number of rotatable bonds is 7. The molecule has 1 aliphatic heterocycles. The molecular formula is C18H31IN4O3S. The van der Waals surface area contributed by atoms with E-state index >= 15 is 0 Å². The van der Waals surface area contributed by atoms with Crippen molar-refractivity contribution in [1.82, 2.24) is 15.4 Å². The molecule has 154 valence electrons. The van der Waals surface area contributed by atoms with Gasteiger partial charge in [0, 0.05) is 31.6 Å². The van der Waals surface area contributed by atoms with Gasteiger partial charge in [0.05, 0.1) is 12.3 Å². The molecule has 1 unspecified atom stereocenters. The molecular weight excluding hydrogens is 479 g/mol. The number of ether oxygens (including phenoxy) is 1. The highest BCUT2D eigenvalue weighted by atomic mass is 127. The lowest BCUT2D eigenvalue weighted by Gasteiger charge is -2.38. The third-order valence-corrected chi connectivity index (χ3v) is 4.73. The molecule has 1 heterocycles. The SMILES string of the molecule is CCNC(=NCCCNS(C)(=O)=O)NC1CC(C)(C)Oc2ccccc21.I. The average molecular weight is 510 g/mol. The van der Waals surface area contributed by atoms with Crippen LogP contribution in [0.2, 0.25) is 0 Å². The summed E-state index contributed by atoms with van der Waals surface area (Å²) in [5.41, 5.74) is 0.860. The minimum Gasteiger partial charge on any atom is -0.487 e. The summed E-state index contributed by atoms with van der Waals surface area (Å²) in [7, 11) is -3.15. The largest absolute Gasteiger partial charge is 0.487 e. The molecule has 3 N–H and O–H groups in total. The molecule has 0 spiro atoms. The number of hydrogen-bond acceptors (Lipinski definition) is 4. The zero-order chi connectivity index (χ0) is 19.2. The summed E-state index contributed by atoms with van der Waals surface area (Å²) in [6, 6.07) is 8.15. The molecule has 1 atom stereocenters. The topological polar surface area (TPSA) is 91.8 Å². The van der Waals surface area contributed by atoms with E-state index in [1.807, 2.05) is 25.1 Å². The van der Waals surface area contributed by atoms with Gasteiger partial charge in [0.1, 0.15) is 11.4 Å². The Morgan fingerprint density at radius 3 is 2.70 bits per heavy atom. The van der Waals surface area contributed by atoms with Gasteiger partial charge in [0.15, 0.2) is 5.96 Å². The quantitative estimate of drug-likeness (QED) is 0.227. The van der Waals surface area contributed by atoms with Gasteiger partial charge in [-0.3, -0.25) is 4.99 Å². The van der Waals surface area contributed by atoms with E-state index in [0.717, 1.165) is 36.5 Å². The molecule has 1 aliphatic rings. The maximum absolute atomic E-state index is 11.1. The lowest BCUT2D eigenvalue weighted by molar-refractivity contribution is 0.0694. The standard InChI is InChI=1S/C18H30N4O3S.HI/c1-5-19-17(20-11-8-12-21-26(4,23)24)22-15-13-18(2,3)25-16-10-7-6-9-14(15)16;/h6-7,9-10,15,21H,5,8,11-13H2,1-4H3,(H2,19,20,22);1H. The Bertz CT molecular complexity index is 738. The lowest BCUT2D eigenvalue weighted by Crippen LogP contribution is -2.45. The molecule has 7 nitrogen and oxygen atoms in total. The number of aliphatic imine (C=N–C) groups is 1. The van der Waals surface area contributed by atoms with E-state index in [1.54, 1.807) is 0 Å². The number of hydrogen-bond donors (Lipinski definition) is 3. The first-order valence-corrected chi connectivity index (χ1v) is 10.9.